The molecule has 1 aromatic carbocycles. The highest BCUT2D eigenvalue weighted by Crippen LogP contribution is 2.14. The highest BCUT2D eigenvalue weighted by atomic mass is 16.3. The van der Waals surface area contributed by atoms with E-state index in [9.17, 15) is 0 Å². The number of aliphatic hydroxyl groups excluding tert-OH is 1. The van der Waals surface area contributed by atoms with Gasteiger partial charge in [-0.05, 0) is 49.8 Å². The van der Waals surface area contributed by atoms with Gasteiger partial charge in [0.05, 0.1) is 6.61 Å². The van der Waals surface area contributed by atoms with Gasteiger partial charge < -0.3 is 15.3 Å². The second kappa shape index (κ2) is 8.57. The van der Waals surface area contributed by atoms with E-state index in [4.69, 9.17) is 15.3 Å². The summed E-state index contributed by atoms with van der Waals surface area (Å²) in [6.45, 7) is 1.81. The van der Waals surface area contributed by atoms with Gasteiger partial charge in [0.15, 0.2) is 5.76 Å². The van der Waals surface area contributed by atoms with Crippen molar-refractivity contribution in [2.24, 2.45) is 5.73 Å². The number of furan rings is 1. The van der Waals surface area contributed by atoms with E-state index in [-0.39, 0.29) is 6.61 Å². The van der Waals surface area contributed by atoms with E-state index in [2.05, 4.69) is 36.1 Å². The number of aliphatic hydroxyl groups is 1. The Kier molecular flexibility index (Phi) is 6.46. The van der Waals surface area contributed by atoms with Gasteiger partial charge in [-0.3, -0.25) is 0 Å². The molecule has 0 saturated carbocycles. The van der Waals surface area contributed by atoms with Crippen LogP contribution >= 0.6 is 0 Å². The Morgan fingerprint density at radius 1 is 1.13 bits per heavy atom. The minimum atomic E-state index is -0.559. The summed E-state index contributed by atoms with van der Waals surface area (Å²) in [7, 11) is 0. The van der Waals surface area contributed by atoms with Gasteiger partial charge in [0.25, 0.3) is 0 Å². The van der Waals surface area contributed by atoms with Crippen molar-refractivity contribution in [1.29, 1.82) is 0 Å². The van der Waals surface area contributed by atoms with E-state index in [0.29, 0.717) is 18.6 Å². The van der Waals surface area contributed by atoms with Crippen molar-refractivity contribution < 1.29 is 9.52 Å². The van der Waals surface area contributed by atoms with Crippen molar-refractivity contribution >= 4 is 0 Å². The van der Waals surface area contributed by atoms with Crippen LogP contribution in [0, 0.1) is 11.8 Å². The molecular weight excluding hydrogens is 286 g/mol. The molecular formula is C20H25NO2. The predicted octanol–water partition coefficient (Wildman–Crippen LogP) is 3.30. The van der Waals surface area contributed by atoms with Crippen molar-refractivity contribution in [3.8, 4) is 11.8 Å². The maximum atomic E-state index is 9.15. The first-order chi connectivity index (χ1) is 11.1. The summed E-state index contributed by atoms with van der Waals surface area (Å²) >= 11 is 0. The third-order valence-electron chi connectivity index (χ3n) is 3.79. The van der Waals surface area contributed by atoms with Gasteiger partial charge in [0, 0.05) is 18.4 Å². The fourth-order valence-corrected chi connectivity index (χ4v) is 2.24. The SMILES string of the molecule is CC(N)(CO)CCc1ccc(C#CCCCc2ccccc2)o1. The maximum Gasteiger partial charge on any atom is 0.177 e. The van der Waals surface area contributed by atoms with Gasteiger partial charge in [-0.2, -0.15) is 0 Å². The molecule has 1 aromatic heterocycles. The Labute approximate surface area is 138 Å². The highest BCUT2D eigenvalue weighted by Gasteiger charge is 2.17. The van der Waals surface area contributed by atoms with E-state index in [0.717, 1.165) is 25.0 Å². The lowest BCUT2D eigenvalue weighted by Gasteiger charge is -2.20. The molecule has 1 atom stereocenters. The fourth-order valence-electron chi connectivity index (χ4n) is 2.24. The topological polar surface area (TPSA) is 59.4 Å². The van der Waals surface area contributed by atoms with Crippen LogP contribution in [0.5, 0.6) is 0 Å². The molecule has 1 unspecified atom stereocenters. The monoisotopic (exact) mass is 311 g/mol. The first-order valence-electron chi connectivity index (χ1n) is 8.10. The number of hydrogen-bond donors (Lipinski definition) is 2. The van der Waals surface area contributed by atoms with E-state index in [1.54, 1.807) is 0 Å². The fraction of sp³-hybridized carbons (Fsp3) is 0.400. The first-order valence-corrected chi connectivity index (χ1v) is 8.10. The Bertz CT molecular complexity index is 647. The molecule has 0 amide bonds. The average Bonchev–Trinajstić information content (AvgIpc) is 3.02. The van der Waals surface area contributed by atoms with E-state index >= 15 is 0 Å². The van der Waals surface area contributed by atoms with Crippen LogP contribution in [0.15, 0.2) is 46.9 Å². The van der Waals surface area contributed by atoms with Crippen LogP contribution in [-0.2, 0) is 12.8 Å². The van der Waals surface area contributed by atoms with Crippen molar-refractivity contribution in [2.45, 2.75) is 44.6 Å². The average molecular weight is 311 g/mol. The standard InChI is InChI=1S/C20H25NO2/c1-20(21,16-22)15-14-19-13-12-18(23-19)11-7-3-6-10-17-8-4-2-5-9-17/h2,4-5,8-9,12-13,22H,3,6,10,14-16,21H2,1H3. The van der Waals surface area contributed by atoms with Crippen LogP contribution in [0.4, 0.5) is 0 Å². The minimum Gasteiger partial charge on any atom is -0.453 e. The van der Waals surface area contributed by atoms with Crippen molar-refractivity contribution in [1.82, 2.24) is 0 Å². The number of nitrogens with two attached hydrogens (primary N) is 1. The summed E-state index contributed by atoms with van der Waals surface area (Å²) in [4.78, 5) is 0. The molecule has 3 heteroatoms. The summed E-state index contributed by atoms with van der Waals surface area (Å²) < 4.78 is 5.68. The summed E-state index contributed by atoms with van der Waals surface area (Å²) in [5.74, 6) is 7.79. The van der Waals surface area contributed by atoms with Crippen LogP contribution in [0.3, 0.4) is 0 Å². The van der Waals surface area contributed by atoms with Gasteiger partial charge in [0.1, 0.15) is 5.76 Å². The molecule has 2 rings (SSSR count). The third-order valence-corrected chi connectivity index (χ3v) is 3.79. The lowest BCUT2D eigenvalue weighted by molar-refractivity contribution is 0.199. The van der Waals surface area contributed by atoms with Gasteiger partial charge >= 0.3 is 0 Å². The zero-order valence-corrected chi connectivity index (χ0v) is 13.7. The molecule has 3 N–H and O–H groups in total. The van der Waals surface area contributed by atoms with E-state index < -0.39 is 5.54 Å². The summed E-state index contributed by atoms with van der Waals surface area (Å²) in [5.41, 5.74) is 6.70. The Morgan fingerprint density at radius 3 is 2.65 bits per heavy atom. The Morgan fingerprint density at radius 2 is 1.91 bits per heavy atom. The quantitative estimate of drug-likeness (QED) is 0.609. The van der Waals surface area contributed by atoms with E-state index in [1.807, 2.05) is 25.1 Å². The molecule has 122 valence electrons. The lowest BCUT2D eigenvalue weighted by Crippen LogP contribution is -2.40. The molecule has 3 nitrogen and oxygen atoms in total. The summed E-state index contributed by atoms with van der Waals surface area (Å²) in [5, 5.41) is 9.15. The van der Waals surface area contributed by atoms with Crippen molar-refractivity contribution in [3.05, 3.63) is 59.5 Å². The second-order valence-electron chi connectivity index (χ2n) is 6.22. The van der Waals surface area contributed by atoms with Crippen LogP contribution in [0.25, 0.3) is 0 Å². The molecule has 0 spiro atoms. The molecule has 0 radical (unpaired) electrons. The number of hydrogen-bond acceptors (Lipinski definition) is 3. The van der Waals surface area contributed by atoms with Crippen molar-refractivity contribution in [2.75, 3.05) is 6.61 Å². The molecule has 23 heavy (non-hydrogen) atoms. The number of benzene rings is 1. The van der Waals surface area contributed by atoms with Gasteiger partial charge in [0.2, 0.25) is 0 Å². The smallest absolute Gasteiger partial charge is 0.177 e. The molecule has 0 fully saturated rings. The van der Waals surface area contributed by atoms with Gasteiger partial charge in [-0.15, -0.1) is 0 Å². The van der Waals surface area contributed by atoms with E-state index in [1.165, 1.54) is 5.56 Å². The van der Waals surface area contributed by atoms with Gasteiger partial charge in [-0.25, -0.2) is 0 Å². The lowest BCUT2D eigenvalue weighted by atomic mass is 9.98. The highest BCUT2D eigenvalue weighted by molar-refractivity contribution is 5.26. The zero-order chi connectivity index (χ0) is 16.5. The van der Waals surface area contributed by atoms with Crippen LogP contribution in [0.2, 0.25) is 0 Å². The first kappa shape index (κ1) is 17.3. The van der Waals surface area contributed by atoms with Crippen LogP contribution < -0.4 is 5.73 Å². The number of aryl methyl sites for hydroxylation is 2. The van der Waals surface area contributed by atoms with Gasteiger partial charge in [-0.1, -0.05) is 36.3 Å². The normalized spacial score (nSPS) is 13.2. The van der Waals surface area contributed by atoms with Crippen LogP contribution in [0.1, 0.15) is 43.3 Å². The summed E-state index contributed by atoms with van der Waals surface area (Å²) in [6.07, 6.45) is 4.35. The largest absolute Gasteiger partial charge is 0.453 e. The third kappa shape index (κ3) is 6.32. The maximum absolute atomic E-state index is 9.15. The molecule has 0 aliphatic rings. The molecule has 0 aliphatic heterocycles. The number of unbranched alkanes of at least 4 members (excludes halogenated alkanes) is 1. The van der Waals surface area contributed by atoms with Crippen LogP contribution in [-0.4, -0.2) is 17.3 Å². The second-order valence-corrected chi connectivity index (χ2v) is 6.22. The number of rotatable bonds is 7. The Balaban J connectivity index is 1.74. The van der Waals surface area contributed by atoms with Crippen molar-refractivity contribution in [3.63, 3.8) is 0 Å². The predicted molar refractivity (Wildman–Crippen MR) is 93.0 cm³/mol. The Hall–Kier alpha value is -2.02. The molecule has 2 aromatic rings. The molecule has 0 aliphatic carbocycles. The summed E-state index contributed by atoms with van der Waals surface area (Å²) in [6, 6.07) is 14.3. The molecule has 0 saturated heterocycles. The molecule has 1 heterocycles. The minimum absolute atomic E-state index is 0.0260. The zero-order valence-electron chi connectivity index (χ0n) is 13.7. The molecule has 0 bridgehead atoms.